The van der Waals surface area contributed by atoms with Crippen molar-refractivity contribution in [2.75, 3.05) is 7.11 Å². The molecule has 0 radical (unpaired) electrons. The standard InChI is InChI=1S/C28H36ClFN2O4/c1-15-8-11-19(12-9-15)32-26(33)24-16(2)22(18-10-13-20(29)21(30)14-18)23(17(3)31-24)25(27(34)35-7)36-28(4,5)6/h10,13-15,19,25H,8-9,11-12H2,1-7H3,(H,32,33)/t15-,19-,25-/m0/s1. The lowest BCUT2D eigenvalue weighted by molar-refractivity contribution is -0.164. The number of amides is 1. The zero-order valence-corrected chi connectivity index (χ0v) is 22.9. The minimum atomic E-state index is -1.13. The Bertz CT molecular complexity index is 1140. The van der Waals surface area contributed by atoms with Gasteiger partial charge >= 0.3 is 5.97 Å². The van der Waals surface area contributed by atoms with Gasteiger partial charge in [0.25, 0.3) is 5.91 Å². The Labute approximate surface area is 217 Å². The third kappa shape index (κ3) is 6.43. The van der Waals surface area contributed by atoms with Crippen molar-refractivity contribution in [2.24, 2.45) is 5.92 Å². The molecule has 1 N–H and O–H groups in total. The molecule has 0 aliphatic heterocycles. The second-order valence-corrected chi connectivity index (χ2v) is 11.1. The van der Waals surface area contributed by atoms with Crippen molar-refractivity contribution < 1.29 is 23.5 Å². The zero-order chi connectivity index (χ0) is 26.8. The predicted octanol–water partition coefficient (Wildman–Crippen LogP) is 6.50. The third-order valence-corrected chi connectivity index (χ3v) is 6.90. The van der Waals surface area contributed by atoms with Crippen LogP contribution in [0.3, 0.4) is 0 Å². The summed E-state index contributed by atoms with van der Waals surface area (Å²) in [6.07, 6.45) is 2.84. The molecule has 6 nitrogen and oxygen atoms in total. The maximum atomic E-state index is 14.6. The molecule has 2 aromatic rings. The van der Waals surface area contributed by atoms with Crippen molar-refractivity contribution in [3.8, 4) is 11.1 Å². The van der Waals surface area contributed by atoms with E-state index in [1.54, 1.807) is 19.9 Å². The Morgan fingerprint density at radius 2 is 1.81 bits per heavy atom. The highest BCUT2D eigenvalue weighted by Crippen LogP contribution is 2.39. The molecule has 0 saturated heterocycles. The molecule has 1 heterocycles. The van der Waals surface area contributed by atoms with Crippen LogP contribution in [0.5, 0.6) is 0 Å². The number of nitrogens with zero attached hydrogens (tertiary/aromatic N) is 1. The first-order valence-electron chi connectivity index (χ1n) is 12.4. The maximum Gasteiger partial charge on any atom is 0.339 e. The first-order valence-corrected chi connectivity index (χ1v) is 12.7. The zero-order valence-electron chi connectivity index (χ0n) is 22.1. The number of aromatic nitrogens is 1. The van der Waals surface area contributed by atoms with Gasteiger partial charge in [-0.1, -0.05) is 24.6 Å². The molecule has 1 aromatic heterocycles. The summed E-state index contributed by atoms with van der Waals surface area (Å²) in [5.74, 6) is -0.853. The van der Waals surface area contributed by atoms with Crippen LogP contribution in [0.15, 0.2) is 18.2 Å². The van der Waals surface area contributed by atoms with E-state index in [1.165, 1.54) is 19.2 Å². The van der Waals surface area contributed by atoms with E-state index in [2.05, 4.69) is 17.2 Å². The highest BCUT2D eigenvalue weighted by Gasteiger charge is 2.34. The third-order valence-electron chi connectivity index (χ3n) is 6.59. The Balaban J connectivity index is 2.19. The number of carbonyl (C=O) groups is 2. The highest BCUT2D eigenvalue weighted by atomic mass is 35.5. The summed E-state index contributed by atoms with van der Waals surface area (Å²) in [6, 6.07) is 4.49. The van der Waals surface area contributed by atoms with Gasteiger partial charge in [0, 0.05) is 17.3 Å². The predicted molar refractivity (Wildman–Crippen MR) is 139 cm³/mol. The van der Waals surface area contributed by atoms with Gasteiger partial charge in [0.05, 0.1) is 17.7 Å². The van der Waals surface area contributed by atoms with E-state index >= 15 is 0 Å². The summed E-state index contributed by atoms with van der Waals surface area (Å²) in [5, 5.41) is 3.10. The lowest BCUT2D eigenvalue weighted by Gasteiger charge is -2.30. The number of methoxy groups -OCH3 is 1. The average Bonchev–Trinajstić information content (AvgIpc) is 2.81. The highest BCUT2D eigenvalue weighted by molar-refractivity contribution is 6.30. The van der Waals surface area contributed by atoms with Crippen LogP contribution < -0.4 is 5.32 Å². The molecule has 1 atom stereocenters. The molecule has 1 fully saturated rings. The van der Waals surface area contributed by atoms with Crippen LogP contribution in [0.25, 0.3) is 11.1 Å². The van der Waals surface area contributed by atoms with Gasteiger partial charge in [0.1, 0.15) is 11.5 Å². The molecule has 1 saturated carbocycles. The van der Waals surface area contributed by atoms with Crippen molar-refractivity contribution in [2.45, 2.75) is 85.0 Å². The lowest BCUT2D eigenvalue weighted by atomic mass is 9.87. The van der Waals surface area contributed by atoms with E-state index in [1.807, 2.05) is 20.8 Å². The number of rotatable bonds is 6. The number of esters is 1. The number of pyridine rings is 1. The Hall–Kier alpha value is -2.51. The molecule has 196 valence electrons. The monoisotopic (exact) mass is 518 g/mol. The fourth-order valence-corrected chi connectivity index (χ4v) is 4.84. The van der Waals surface area contributed by atoms with Gasteiger partial charge in [-0.25, -0.2) is 14.2 Å². The van der Waals surface area contributed by atoms with Crippen molar-refractivity contribution >= 4 is 23.5 Å². The van der Waals surface area contributed by atoms with Gasteiger partial charge in [0.2, 0.25) is 0 Å². The quantitative estimate of drug-likeness (QED) is 0.442. The summed E-state index contributed by atoms with van der Waals surface area (Å²) < 4.78 is 25.8. The summed E-state index contributed by atoms with van der Waals surface area (Å²) in [5.41, 5.74) is 1.87. The molecule has 36 heavy (non-hydrogen) atoms. The molecule has 0 spiro atoms. The minimum absolute atomic E-state index is 0.0244. The average molecular weight is 519 g/mol. The number of carbonyl (C=O) groups excluding carboxylic acids is 2. The second-order valence-electron chi connectivity index (χ2n) is 10.7. The fourth-order valence-electron chi connectivity index (χ4n) is 4.72. The van der Waals surface area contributed by atoms with Gasteiger partial charge in [-0.3, -0.25) is 4.79 Å². The van der Waals surface area contributed by atoms with Crippen molar-refractivity contribution in [1.82, 2.24) is 10.3 Å². The van der Waals surface area contributed by atoms with Crippen LogP contribution >= 0.6 is 11.6 Å². The Morgan fingerprint density at radius 3 is 2.36 bits per heavy atom. The van der Waals surface area contributed by atoms with E-state index in [0.717, 1.165) is 25.7 Å². The molecule has 3 rings (SSSR count). The maximum absolute atomic E-state index is 14.6. The van der Waals surface area contributed by atoms with Gasteiger partial charge in [-0.2, -0.15) is 0 Å². The number of halogens is 2. The first kappa shape index (κ1) is 28.1. The minimum Gasteiger partial charge on any atom is -0.467 e. The van der Waals surface area contributed by atoms with Crippen LogP contribution in [0, 0.1) is 25.6 Å². The van der Waals surface area contributed by atoms with E-state index in [4.69, 9.17) is 21.1 Å². The van der Waals surface area contributed by atoms with E-state index in [0.29, 0.717) is 33.9 Å². The molecule has 0 unspecified atom stereocenters. The summed E-state index contributed by atoms with van der Waals surface area (Å²) >= 11 is 5.95. The summed E-state index contributed by atoms with van der Waals surface area (Å²) in [7, 11) is 1.28. The lowest BCUT2D eigenvalue weighted by Crippen LogP contribution is -2.38. The fraction of sp³-hybridized carbons (Fsp3) is 0.536. The van der Waals surface area contributed by atoms with Gasteiger partial charge in [-0.15, -0.1) is 0 Å². The molecule has 1 aliphatic carbocycles. The van der Waals surface area contributed by atoms with Crippen LogP contribution in [-0.2, 0) is 14.3 Å². The molecule has 1 aliphatic rings. The SMILES string of the molecule is COC(=O)[C@@H](OC(C)(C)C)c1c(C)nc(C(=O)N[C@H]2CC[C@H](C)CC2)c(C)c1-c1ccc(Cl)c(F)c1. The van der Waals surface area contributed by atoms with Crippen LogP contribution in [-0.4, -0.2) is 35.6 Å². The van der Waals surface area contributed by atoms with Crippen molar-refractivity contribution in [3.05, 3.63) is 51.6 Å². The number of hydrogen-bond acceptors (Lipinski definition) is 5. The number of hydrogen-bond donors (Lipinski definition) is 1. The number of ether oxygens (including phenoxy) is 2. The van der Waals surface area contributed by atoms with Crippen LogP contribution in [0.1, 0.15) is 86.8 Å². The van der Waals surface area contributed by atoms with Gasteiger partial charge in [-0.05, 0) is 95.0 Å². The number of aryl methyl sites for hydroxylation is 1. The number of nitrogens with one attached hydrogen (secondary N) is 1. The molecular formula is C28H36ClFN2O4. The van der Waals surface area contributed by atoms with Gasteiger partial charge < -0.3 is 14.8 Å². The van der Waals surface area contributed by atoms with Crippen LogP contribution in [0.2, 0.25) is 5.02 Å². The summed E-state index contributed by atoms with van der Waals surface area (Å²) in [6.45, 7) is 11.2. The van der Waals surface area contributed by atoms with E-state index < -0.39 is 23.5 Å². The first-order chi connectivity index (χ1) is 16.8. The molecular weight excluding hydrogens is 483 g/mol. The second kappa shape index (κ2) is 11.3. The largest absolute Gasteiger partial charge is 0.467 e. The Morgan fingerprint density at radius 1 is 1.17 bits per heavy atom. The van der Waals surface area contributed by atoms with Crippen LogP contribution in [0.4, 0.5) is 4.39 Å². The molecule has 1 amide bonds. The van der Waals surface area contributed by atoms with E-state index in [-0.39, 0.29) is 22.7 Å². The van der Waals surface area contributed by atoms with Crippen molar-refractivity contribution in [1.29, 1.82) is 0 Å². The smallest absolute Gasteiger partial charge is 0.339 e. The van der Waals surface area contributed by atoms with E-state index in [9.17, 15) is 14.0 Å². The molecule has 8 heteroatoms. The Kier molecular flexibility index (Phi) is 8.78. The summed E-state index contributed by atoms with van der Waals surface area (Å²) in [4.78, 5) is 30.9. The normalized spacial score (nSPS) is 19.0. The van der Waals surface area contributed by atoms with Crippen molar-refractivity contribution in [3.63, 3.8) is 0 Å². The van der Waals surface area contributed by atoms with Gasteiger partial charge in [0.15, 0.2) is 6.10 Å². The molecule has 1 aromatic carbocycles. The topological polar surface area (TPSA) is 77.5 Å². The molecule has 0 bridgehead atoms. The number of benzene rings is 1.